The Morgan fingerprint density at radius 3 is 2.47 bits per heavy atom. The van der Waals surface area contributed by atoms with Crippen LogP contribution in [0, 0.1) is 6.92 Å². The van der Waals surface area contributed by atoms with E-state index in [4.69, 9.17) is 16.3 Å². The molecule has 0 bridgehead atoms. The van der Waals surface area contributed by atoms with Gasteiger partial charge in [-0.2, -0.15) is 0 Å². The summed E-state index contributed by atoms with van der Waals surface area (Å²) in [4.78, 5) is 28.6. The predicted molar refractivity (Wildman–Crippen MR) is 148 cm³/mol. The van der Waals surface area contributed by atoms with Crippen LogP contribution in [0.3, 0.4) is 0 Å². The van der Waals surface area contributed by atoms with E-state index in [1.165, 1.54) is 0 Å². The van der Waals surface area contributed by atoms with E-state index in [2.05, 4.69) is 28.2 Å². The van der Waals surface area contributed by atoms with Crippen LogP contribution < -0.4 is 10.1 Å². The molecule has 0 spiro atoms. The molecule has 3 rings (SSSR count). The molecule has 2 amide bonds. The SMILES string of the molecule is CCCCNC(=O)[C@@H](Cc1ccccc1)N(Cc1cccc(Br)c1)C(=O)COc1ccc(Cl)c(C)c1. The summed E-state index contributed by atoms with van der Waals surface area (Å²) in [6.07, 6.45) is 2.25. The third-order valence-corrected chi connectivity index (χ3v) is 6.75. The van der Waals surface area contributed by atoms with Crippen molar-refractivity contribution < 1.29 is 14.3 Å². The molecule has 0 heterocycles. The van der Waals surface area contributed by atoms with E-state index in [9.17, 15) is 9.59 Å². The van der Waals surface area contributed by atoms with Gasteiger partial charge in [-0.15, -0.1) is 0 Å². The van der Waals surface area contributed by atoms with Crippen LogP contribution in [-0.2, 0) is 22.6 Å². The summed E-state index contributed by atoms with van der Waals surface area (Å²) in [6.45, 7) is 4.61. The van der Waals surface area contributed by atoms with E-state index < -0.39 is 6.04 Å². The number of rotatable bonds is 12. The van der Waals surface area contributed by atoms with E-state index in [0.29, 0.717) is 23.7 Å². The Morgan fingerprint density at radius 1 is 1.03 bits per heavy atom. The second kappa shape index (κ2) is 14.0. The second-order valence-corrected chi connectivity index (χ2v) is 10.0. The second-order valence-electron chi connectivity index (χ2n) is 8.70. The third-order valence-electron chi connectivity index (χ3n) is 5.83. The van der Waals surface area contributed by atoms with E-state index in [1.807, 2.05) is 61.5 Å². The van der Waals surface area contributed by atoms with Crippen molar-refractivity contribution >= 4 is 39.3 Å². The van der Waals surface area contributed by atoms with Crippen molar-refractivity contribution in [2.24, 2.45) is 0 Å². The molecule has 0 aliphatic heterocycles. The fourth-order valence-corrected chi connectivity index (χ4v) is 4.39. The zero-order valence-electron chi connectivity index (χ0n) is 20.7. The van der Waals surface area contributed by atoms with E-state index in [1.54, 1.807) is 23.1 Å². The molecule has 0 saturated carbocycles. The first kappa shape index (κ1) is 27.8. The highest BCUT2D eigenvalue weighted by molar-refractivity contribution is 9.10. The van der Waals surface area contributed by atoms with Gasteiger partial charge in [-0.1, -0.05) is 83.3 Å². The lowest BCUT2D eigenvalue weighted by atomic mass is 10.0. The van der Waals surface area contributed by atoms with Crippen LogP contribution in [-0.4, -0.2) is 35.9 Å². The lowest BCUT2D eigenvalue weighted by molar-refractivity contribution is -0.142. The minimum atomic E-state index is -0.689. The van der Waals surface area contributed by atoms with Gasteiger partial charge in [0.2, 0.25) is 5.91 Å². The lowest BCUT2D eigenvalue weighted by Crippen LogP contribution is -2.51. The Hall–Kier alpha value is -2.83. The number of benzene rings is 3. The third kappa shape index (κ3) is 8.38. The molecule has 1 N–H and O–H groups in total. The molecule has 0 aliphatic carbocycles. The zero-order valence-corrected chi connectivity index (χ0v) is 23.0. The molecule has 0 unspecified atom stereocenters. The number of hydrogen-bond acceptors (Lipinski definition) is 3. The maximum absolute atomic E-state index is 13.6. The van der Waals surface area contributed by atoms with Crippen LogP contribution in [0.1, 0.15) is 36.5 Å². The van der Waals surface area contributed by atoms with Crippen molar-refractivity contribution in [2.75, 3.05) is 13.2 Å². The van der Waals surface area contributed by atoms with Crippen molar-refractivity contribution in [3.63, 3.8) is 0 Å². The molecule has 36 heavy (non-hydrogen) atoms. The standard InChI is InChI=1S/C29H32BrClN2O3/c1-3-4-15-32-29(35)27(18-22-9-6-5-7-10-22)33(19-23-11-8-12-24(30)17-23)28(34)20-36-25-13-14-26(31)21(2)16-25/h5-14,16-17,27H,3-4,15,18-20H2,1-2H3,(H,32,35)/t27-/m1/s1. The summed E-state index contributed by atoms with van der Waals surface area (Å²) >= 11 is 9.63. The van der Waals surface area contributed by atoms with Gasteiger partial charge in [-0.25, -0.2) is 0 Å². The highest BCUT2D eigenvalue weighted by Crippen LogP contribution is 2.22. The zero-order chi connectivity index (χ0) is 25.9. The predicted octanol–water partition coefficient (Wildman–Crippen LogP) is 6.35. The summed E-state index contributed by atoms with van der Waals surface area (Å²) in [5.74, 6) is 0.117. The monoisotopic (exact) mass is 570 g/mol. The van der Waals surface area contributed by atoms with Gasteiger partial charge in [-0.05, 0) is 60.4 Å². The number of aryl methyl sites for hydroxylation is 1. The maximum Gasteiger partial charge on any atom is 0.261 e. The summed E-state index contributed by atoms with van der Waals surface area (Å²) in [5.41, 5.74) is 2.76. The first-order valence-corrected chi connectivity index (χ1v) is 13.3. The number of hydrogen-bond donors (Lipinski definition) is 1. The van der Waals surface area contributed by atoms with Crippen LogP contribution >= 0.6 is 27.5 Å². The Morgan fingerprint density at radius 2 is 1.78 bits per heavy atom. The number of amides is 2. The molecule has 1 atom stereocenters. The molecule has 3 aromatic carbocycles. The van der Waals surface area contributed by atoms with E-state index >= 15 is 0 Å². The summed E-state index contributed by atoms with van der Waals surface area (Å²) in [7, 11) is 0. The van der Waals surface area contributed by atoms with E-state index in [0.717, 1.165) is 34.0 Å². The molecule has 0 fully saturated rings. The summed E-state index contributed by atoms with van der Waals surface area (Å²) < 4.78 is 6.74. The molecule has 190 valence electrons. The van der Waals surface area contributed by atoms with Gasteiger partial charge in [-0.3, -0.25) is 9.59 Å². The maximum atomic E-state index is 13.6. The van der Waals surface area contributed by atoms with Crippen molar-refractivity contribution in [3.05, 3.63) is 99.0 Å². The first-order valence-electron chi connectivity index (χ1n) is 12.1. The molecule has 5 nitrogen and oxygen atoms in total. The Labute approximate surface area is 226 Å². The molecule has 0 saturated heterocycles. The minimum absolute atomic E-state index is 0.169. The smallest absolute Gasteiger partial charge is 0.261 e. The van der Waals surface area contributed by atoms with Crippen LogP contribution in [0.15, 0.2) is 77.3 Å². The van der Waals surface area contributed by atoms with E-state index in [-0.39, 0.29) is 25.0 Å². The Balaban J connectivity index is 1.89. The largest absolute Gasteiger partial charge is 0.484 e. The number of carbonyl (C=O) groups is 2. The molecule has 3 aromatic rings. The Bertz CT molecular complexity index is 1160. The van der Waals surface area contributed by atoms with Crippen molar-refractivity contribution in [1.82, 2.24) is 10.2 Å². The molecular formula is C29H32BrClN2O3. The van der Waals surface area contributed by atoms with Gasteiger partial charge in [0.05, 0.1) is 0 Å². The number of unbranched alkanes of at least 4 members (excludes halogenated alkanes) is 1. The lowest BCUT2D eigenvalue weighted by Gasteiger charge is -2.31. The fraction of sp³-hybridized carbons (Fsp3) is 0.310. The number of halogens is 2. The van der Waals surface area contributed by atoms with Gasteiger partial charge < -0.3 is 15.0 Å². The topological polar surface area (TPSA) is 58.6 Å². The summed E-state index contributed by atoms with van der Waals surface area (Å²) in [5, 5.41) is 3.66. The van der Waals surface area contributed by atoms with Gasteiger partial charge >= 0.3 is 0 Å². The highest BCUT2D eigenvalue weighted by atomic mass is 79.9. The number of nitrogens with one attached hydrogen (secondary N) is 1. The molecule has 0 radical (unpaired) electrons. The van der Waals surface area contributed by atoms with Gasteiger partial charge in [0, 0.05) is 29.0 Å². The molecule has 0 aromatic heterocycles. The fourth-order valence-electron chi connectivity index (χ4n) is 3.83. The molecule has 0 aliphatic rings. The van der Waals surface area contributed by atoms with Crippen molar-refractivity contribution in [2.45, 2.75) is 45.7 Å². The number of ether oxygens (including phenoxy) is 1. The van der Waals surface area contributed by atoms with Gasteiger partial charge in [0.25, 0.3) is 5.91 Å². The quantitative estimate of drug-likeness (QED) is 0.258. The van der Waals surface area contributed by atoms with Crippen LogP contribution in [0.25, 0.3) is 0 Å². The normalized spacial score (nSPS) is 11.6. The van der Waals surface area contributed by atoms with Crippen LogP contribution in [0.2, 0.25) is 5.02 Å². The van der Waals surface area contributed by atoms with Crippen LogP contribution in [0.5, 0.6) is 5.75 Å². The minimum Gasteiger partial charge on any atom is -0.484 e. The van der Waals surface area contributed by atoms with Crippen molar-refractivity contribution in [1.29, 1.82) is 0 Å². The van der Waals surface area contributed by atoms with Crippen LogP contribution in [0.4, 0.5) is 0 Å². The summed E-state index contributed by atoms with van der Waals surface area (Å²) in [6, 6.07) is 22.1. The molecule has 7 heteroatoms. The first-order chi connectivity index (χ1) is 17.4. The van der Waals surface area contributed by atoms with Crippen molar-refractivity contribution in [3.8, 4) is 5.75 Å². The Kier molecular flexibility index (Phi) is 10.8. The van der Waals surface area contributed by atoms with Gasteiger partial charge in [0.15, 0.2) is 6.61 Å². The molecular weight excluding hydrogens is 540 g/mol. The number of nitrogens with zero attached hydrogens (tertiary/aromatic N) is 1. The average Bonchev–Trinajstić information content (AvgIpc) is 2.87. The van der Waals surface area contributed by atoms with Gasteiger partial charge in [0.1, 0.15) is 11.8 Å². The average molecular weight is 572 g/mol. The highest BCUT2D eigenvalue weighted by Gasteiger charge is 2.30. The number of carbonyl (C=O) groups excluding carboxylic acids is 2.